The fourth-order valence-corrected chi connectivity index (χ4v) is 4.81. The number of rotatable bonds is 10. The maximum absolute atomic E-state index is 13.7. The number of carbonyl (C=O) groups is 2. The van der Waals surface area contributed by atoms with Crippen molar-refractivity contribution in [3.05, 3.63) is 58.6 Å². The molecule has 0 saturated carbocycles. The Morgan fingerprint density at radius 3 is 2.31 bits per heavy atom. The molecule has 0 aliphatic carbocycles. The van der Waals surface area contributed by atoms with Gasteiger partial charge in [-0.25, -0.2) is 8.42 Å². The number of halogens is 1. The van der Waals surface area contributed by atoms with Gasteiger partial charge in [-0.3, -0.25) is 13.9 Å². The molecule has 0 bridgehead atoms. The summed E-state index contributed by atoms with van der Waals surface area (Å²) in [7, 11) is -2.23. The van der Waals surface area contributed by atoms with Crippen LogP contribution in [0.25, 0.3) is 0 Å². The van der Waals surface area contributed by atoms with Gasteiger partial charge in [0, 0.05) is 16.6 Å². The summed E-state index contributed by atoms with van der Waals surface area (Å²) >= 11 is 3.35. The molecule has 0 saturated heterocycles. The number of anilines is 1. The molecule has 192 valence electrons. The van der Waals surface area contributed by atoms with Gasteiger partial charge in [0.1, 0.15) is 18.3 Å². The Balaban J connectivity index is 2.48. The smallest absolute Gasteiger partial charge is 0.244 e. The first-order valence-corrected chi connectivity index (χ1v) is 13.9. The molecule has 2 amide bonds. The van der Waals surface area contributed by atoms with Crippen molar-refractivity contribution >= 4 is 43.5 Å². The molecule has 0 fully saturated rings. The molecule has 8 nitrogen and oxygen atoms in total. The lowest BCUT2D eigenvalue weighted by molar-refractivity contribution is -0.141. The molecule has 0 aromatic heterocycles. The van der Waals surface area contributed by atoms with Gasteiger partial charge in [-0.05, 0) is 63.1 Å². The highest BCUT2D eigenvalue weighted by Crippen LogP contribution is 2.24. The number of nitrogens with zero attached hydrogens (tertiary/aromatic N) is 2. The van der Waals surface area contributed by atoms with Crippen molar-refractivity contribution in [1.82, 2.24) is 10.2 Å². The third kappa shape index (κ3) is 8.54. The van der Waals surface area contributed by atoms with Gasteiger partial charge in [0.15, 0.2) is 0 Å². The molecule has 10 heteroatoms. The fraction of sp³-hybridized carbons (Fsp3) is 0.440. The van der Waals surface area contributed by atoms with Crippen molar-refractivity contribution in [3.8, 4) is 5.75 Å². The first-order valence-electron chi connectivity index (χ1n) is 11.2. The van der Waals surface area contributed by atoms with E-state index in [0.717, 1.165) is 16.1 Å². The summed E-state index contributed by atoms with van der Waals surface area (Å²) in [5, 5.41) is 2.94. The topological polar surface area (TPSA) is 96.0 Å². The van der Waals surface area contributed by atoms with Crippen LogP contribution in [0.2, 0.25) is 0 Å². The summed E-state index contributed by atoms with van der Waals surface area (Å²) in [5.74, 6) is -0.173. The highest BCUT2D eigenvalue weighted by atomic mass is 79.9. The Labute approximate surface area is 216 Å². The summed E-state index contributed by atoms with van der Waals surface area (Å²) in [4.78, 5) is 28.3. The van der Waals surface area contributed by atoms with E-state index in [-0.39, 0.29) is 12.5 Å². The molecule has 0 radical (unpaired) electrons. The Morgan fingerprint density at radius 2 is 1.77 bits per heavy atom. The number of hydrogen-bond donors (Lipinski definition) is 1. The number of amides is 2. The predicted octanol–water partition coefficient (Wildman–Crippen LogP) is 3.95. The molecule has 0 spiro atoms. The van der Waals surface area contributed by atoms with Crippen molar-refractivity contribution in [2.75, 3.05) is 24.2 Å². The molecule has 0 aliphatic rings. The first kappa shape index (κ1) is 28.6. The van der Waals surface area contributed by atoms with E-state index >= 15 is 0 Å². The fourth-order valence-electron chi connectivity index (χ4n) is 3.58. The molecule has 2 aromatic carbocycles. The van der Waals surface area contributed by atoms with Crippen molar-refractivity contribution in [3.63, 3.8) is 0 Å². The molecule has 1 atom stereocenters. The van der Waals surface area contributed by atoms with Crippen LogP contribution >= 0.6 is 15.9 Å². The van der Waals surface area contributed by atoms with Gasteiger partial charge in [-0.15, -0.1) is 0 Å². The normalized spacial score (nSPS) is 12.5. The van der Waals surface area contributed by atoms with E-state index < -0.39 is 34.1 Å². The Kier molecular flexibility index (Phi) is 9.74. The lowest BCUT2D eigenvalue weighted by Gasteiger charge is -2.34. The zero-order valence-electron chi connectivity index (χ0n) is 21.0. The first-order chi connectivity index (χ1) is 16.2. The lowest BCUT2D eigenvalue weighted by Crippen LogP contribution is -2.55. The zero-order chi connectivity index (χ0) is 26.4. The van der Waals surface area contributed by atoms with E-state index in [4.69, 9.17) is 4.74 Å². The quantitative estimate of drug-likeness (QED) is 0.469. The number of carbonyl (C=O) groups excluding carboxylic acids is 2. The third-order valence-corrected chi connectivity index (χ3v) is 6.78. The monoisotopic (exact) mass is 567 g/mol. The molecule has 0 heterocycles. The van der Waals surface area contributed by atoms with Crippen LogP contribution in [0.1, 0.15) is 39.7 Å². The van der Waals surface area contributed by atoms with Crippen LogP contribution in [0.15, 0.2) is 53.0 Å². The summed E-state index contributed by atoms with van der Waals surface area (Å²) in [6, 6.07) is 13.1. The van der Waals surface area contributed by atoms with Crippen molar-refractivity contribution in [2.45, 2.75) is 52.2 Å². The molecule has 0 unspecified atom stereocenters. The second-order valence-electron chi connectivity index (χ2n) is 9.29. The number of nitrogens with one attached hydrogen (secondary N) is 1. The van der Waals surface area contributed by atoms with Crippen molar-refractivity contribution < 1.29 is 22.7 Å². The van der Waals surface area contributed by atoms with E-state index in [1.807, 2.05) is 33.8 Å². The van der Waals surface area contributed by atoms with Gasteiger partial charge in [0.25, 0.3) is 0 Å². The Bertz CT molecular complexity index is 1150. The number of hydrogen-bond acceptors (Lipinski definition) is 5. The highest BCUT2D eigenvalue weighted by molar-refractivity contribution is 9.10. The minimum absolute atomic E-state index is 0.113. The van der Waals surface area contributed by atoms with Gasteiger partial charge in [-0.1, -0.05) is 41.1 Å². The van der Waals surface area contributed by atoms with E-state index in [0.29, 0.717) is 22.3 Å². The minimum atomic E-state index is -3.78. The van der Waals surface area contributed by atoms with E-state index in [2.05, 4.69) is 21.2 Å². The van der Waals surface area contributed by atoms with Crippen LogP contribution in [0.5, 0.6) is 5.75 Å². The van der Waals surface area contributed by atoms with Crippen LogP contribution in [-0.2, 0) is 26.2 Å². The highest BCUT2D eigenvalue weighted by Gasteiger charge is 2.33. The second kappa shape index (κ2) is 11.9. The largest absolute Gasteiger partial charge is 0.497 e. The van der Waals surface area contributed by atoms with Gasteiger partial charge >= 0.3 is 0 Å². The summed E-state index contributed by atoms with van der Waals surface area (Å²) < 4.78 is 32.3. The molecular weight excluding hydrogens is 534 g/mol. The van der Waals surface area contributed by atoms with E-state index in [1.165, 1.54) is 4.90 Å². The number of benzene rings is 2. The Morgan fingerprint density at radius 1 is 1.11 bits per heavy atom. The molecule has 2 aromatic rings. The number of methoxy groups -OCH3 is 1. The SMILES string of the molecule is CC[C@H](C(=O)NC(C)(C)C)N(Cc1cccc(OC)c1)C(=O)CN(c1cccc(Br)c1)S(C)(=O)=O. The molecule has 0 aliphatic heterocycles. The van der Waals surface area contributed by atoms with Crippen molar-refractivity contribution in [1.29, 1.82) is 0 Å². The standard InChI is InChI=1S/C25H34BrN3O5S/c1-7-22(24(31)27-25(2,3)4)28(16-18-10-8-13-21(14-18)34-5)23(30)17-29(35(6,32)33)20-12-9-11-19(26)15-20/h8-15,22H,7,16-17H2,1-6H3,(H,27,31)/t22-/m1/s1. The van der Waals surface area contributed by atoms with Crippen molar-refractivity contribution in [2.24, 2.45) is 0 Å². The average Bonchev–Trinajstić information content (AvgIpc) is 2.75. The number of sulfonamides is 1. The Hall–Kier alpha value is -2.59. The summed E-state index contributed by atoms with van der Waals surface area (Å²) in [6.45, 7) is 7.08. The third-order valence-electron chi connectivity index (χ3n) is 5.15. The van der Waals surface area contributed by atoms with Crippen LogP contribution in [0, 0.1) is 0 Å². The molecular formula is C25H34BrN3O5S. The number of ether oxygens (including phenoxy) is 1. The summed E-state index contributed by atoms with van der Waals surface area (Å²) in [5.41, 5.74) is 0.612. The lowest BCUT2D eigenvalue weighted by atomic mass is 10.1. The maximum atomic E-state index is 13.7. The molecule has 1 N–H and O–H groups in total. The van der Waals surface area contributed by atoms with E-state index in [9.17, 15) is 18.0 Å². The zero-order valence-corrected chi connectivity index (χ0v) is 23.4. The van der Waals surface area contributed by atoms with Gasteiger partial charge in [0.05, 0.1) is 19.1 Å². The van der Waals surface area contributed by atoms with Crippen LogP contribution in [0.4, 0.5) is 5.69 Å². The van der Waals surface area contributed by atoms with Crippen LogP contribution in [0.3, 0.4) is 0 Å². The maximum Gasteiger partial charge on any atom is 0.244 e. The van der Waals surface area contributed by atoms with Gasteiger partial charge < -0.3 is 15.0 Å². The van der Waals surface area contributed by atoms with E-state index in [1.54, 1.807) is 49.6 Å². The predicted molar refractivity (Wildman–Crippen MR) is 142 cm³/mol. The average molecular weight is 569 g/mol. The molecule has 35 heavy (non-hydrogen) atoms. The van der Waals surface area contributed by atoms with Gasteiger partial charge in [0.2, 0.25) is 21.8 Å². The summed E-state index contributed by atoms with van der Waals surface area (Å²) in [6.07, 6.45) is 1.41. The van der Waals surface area contributed by atoms with Gasteiger partial charge in [-0.2, -0.15) is 0 Å². The second-order valence-corrected chi connectivity index (χ2v) is 12.1. The van der Waals surface area contributed by atoms with Crippen LogP contribution < -0.4 is 14.4 Å². The molecule has 2 rings (SSSR count). The van der Waals surface area contributed by atoms with Crippen LogP contribution in [-0.4, -0.2) is 56.6 Å². The minimum Gasteiger partial charge on any atom is -0.497 e.